The van der Waals surface area contributed by atoms with Gasteiger partial charge in [-0.25, -0.2) is 0 Å². The Bertz CT molecular complexity index is 591. The lowest BCUT2D eigenvalue weighted by molar-refractivity contribution is -0.119. The highest BCUT2D eigenvalue weighted by Gasteiger charge is 2.11. The molecule has 2 rings (SSSR count). The van der Waals surface area contributed by atoms with Crippen LogP contribution < -0.4 is 10.6 Å². The fourth-order valence-corrected chi connectivity index (χ4v) is 2.06. The van der Waals surface area contributed by atoms with Crippen molar-refractivity contribution in [2.75, 3.05) is 12.4 Å². The number of nitrogens with zero attached hydrogens (tertiary/aromatic N) is 2. The number of carbonyl (C=O) groups excluding carboxylic acids is 1. The molecule has 1 atom stereocenters. The van der Waals surface area contributed by atoms with Gasteiger partial charge in [0.25, 0.3) is 0 Å². The molecule has 0 bridgehead atoms. The molecule has 5 nitrogen and oxygen atoms in total. The number of benzene rings is 1. The molecule has 0 aliphatic carbocycles. The van der Waals surface area contributed by atoms with Gasteiger partial charge in [-0.15, -0.1) is 0 Å². The third-order valence-corrected chi connectivity index (χ3v) is 3.24. The van der Waals surface area contributed by atoms with Gasteiger partial charge in [-0.05, 0) is 18.6 Å². The monoisotopic (exact) mass is 272 g/mol. The van der Waals surface area contributed by atoms with Crippen LogP contribution in [0, 0.1) is 0 Å². The van der Waals surface area contributed by atoms with Gasteiger partial charge in [-0.2, -0.15) is 5.10 Å². The van der Waals surface area contributed by atoms with Gasteiger partial charge in [0.15, 0.2) is 0 Å². The second-order valence-electron chi connectivity index (χ2n) is 4.82. The van der Waals surface area contributed by atoms with Gasteiger partial charge >= 0.3 is 0 Å². The summed E-state index contributed by atoms with van der Waals surface area (Å²) in [5.41, 5.74) is 3.08. The molecule has 2 N–H and O–H groups in total. The predicted molar refractivity (Wildman–Crippen MR) is 79.5 cm³/mol. The van der Waals surface area contributed by atoms with Crippen LogP contribution in [-0.2, 0) is 18.3 Å². The smallest absolute Gasteiger partial charge is 0.224 e. The Morgan fingerprint density at radius 1 is 1.40 bits per heavy atom. The van der Waals surface area contributed by atoms with Crippen molar-refractivity contribution in [3.63, 3.8) is 0 Å². The lowest BCUT2D eigenvalue weighted by atomic mass is 10.1. The van der Waals surface area contributed by atoms with Crippen LogP contribution in [0.15, 0.2) is 36.7 Å². The average molecular weight is 272 g/mol. The molecule has 1 unspecified atom stereocenters. The Morgan fingerprint density at radius 3 is 2.80 bits per heavy atom. The molecule has 0 saturated heterocycles. The molecular weight excluding hydrogens is 252 g/mol. The van der Waals surface area contributed by atoms with E-state index in [1.807, 2.05) is 43.7 Å². The zero-order valence-corrected chi connectivity index (χ0v) is 12.1. The molecule has 106 valence electrons. The van der Waals surface area contributed by atoms with E-state index < -0.39 is 0 Å². The molecule has 0 spiro atoms. The van der Waals surface area contributed by atoms with Crippen molar-refractivity contribution in [3.05, 3.63) is 47.8 Å². The molecule has 2 aromatic rings. The zero-order valence-electron chi connectivity index (χ0n) is 12.1. The number of aryl methyl sites for hydroxylation is 1. The number of anilines is 1. The van der Waals surface area contributed by atoms with Crippen molar-refractivity contribution in [1.82, 2.24) is 15.1 Å². The lowest BCUT2D eigenvalue weighted by Crippen LogP contribution is -2.20. The summed E-state index contributed by atoms with van der Waals surface area (Å²) in [6.45, 7) is 2.08. The second-order valence-corrected chi connectivity index (χ2v) is 4.82. The fourth-order valence-electron chi connectivity index (χ4n) is 2.06. The molecule has 5 heteroatoms. The number of hydrogen-bond donors (Lipinski definition) is 2. The Kier molecular flexibility index (Phi) is 4.40. The number of rotatable bonds is 5. The summed E-state index contributed by atoms with van der Waals surface area (Å²) in [6.07, 6.45) is 4.21. The number of para-hydroxylation sites is 1. The maximum Gasteiger partial charge on any atom is 0.224 e. The van der Waals surface area contributed by atoms with E-state index in [9.17, 15) is 4.79 Å². The van der Waals surface area contributed by atoms with Crippen molar-refractivity contribution in [2.45, 2.75) is 19.4 Å². The van der Waals surface area contributed by atoms with Crippen LogP contribution in [0.1, 0.15) is 24.1 Å². The van der Waals surface area contributed by atoms with E-state index in [1.54, 1.807) is 11.7 Å². The zero-order chi connectivity index (χ0) is 14.5. The number of hydrogen-bond acceptors (Lipinski definition) is 3. The Balaban J connectivity index is 2.14. The van der Waals surface area contributed by atoms with E-state index >= 15 is 0 Å². The summed E-state index contributed by atoms with van der Waals surface area (Å²) in [4.78, 5) is 11.5. The van der Waals surface area contributed by atoms with Crippen LogP contribution in [-0.4, -0.2) is 22.7 Å². The third-order valence-electron chi connectivity index (χ3n) is 3.24. The molecule has 0 saturated carbocycles. The number of likely N-dealkylation sites (N-methyl/N-ethyl adjacent to an activating group) is 1. The molecule has 1 aromatic heterocycles. The quantitative estimate of drug-likeness (QED) is 0.873. The van der Waals surface area contributed by atoms with E-state index in [4.69, 9.17) is 0 Å². The summed E-state index contributed by atoms with van der Waals surface area (Å²) in [5.74, 6) is 0.00767. The molecule has 20 heavy (non-hydrogen) atoms. The summed E-state index contributed by atoms with van der Waals surface area (Å²) < 4.78 is 1.78. The first kappa shape index (κ1) is 14.1. The van der Waals surface area contributed by atoms with Gasteiger partial charge in [0.2, 0.25) is 5.91 Å². The number of aromatic nitrogens is 2. The van der Waals surface area contributed by atoms with Gasteiger partial charge in [0.05, 0.1) is 18.7 Å². The van der Waals surface area contributed by atoms with Crippen LogP contribution in [0.2, 0.25) is 0 Å². The maximum atomic E-state index is 11.5. The van der Waals surface area contributed by atoms with E-state index in [0.717, 1.165) is 16.8 Å². The predicted octanol–water partition coefficient (Wildman–Crippen LogP) is 1.88. The van der Waals surface area contributed by atoms with E-state index in [0.29, 0.717) is 6.42 Å². The third kappa shape index (κ3) is 3.38. The van der Waals surface area contributed by atoms with Crippen LogP contribution in [0.25, 0.3) is 0 Å². The standard InChI is InChI=1S/C15H20N4O/c1-11(13-9-17-19(3)10-13)18-14-7-5-4-6-12(14)8-15(20)16-2/h4-7,9-11,18H,8H2,1-3H3,(H,16,20). The molecule has 0 aliphatic rings. The summed E-state index contributed by atoms with van der Waals surface area (Å²) in [5, 5.41) is 10.3. The first-order valence-electron chi connectivity index (χ1n) is 6.63. The van der Waals surface area contributed by atoms with Crippen molar-refractivity contribution in [3.8, 4) is 0 Å². The topological polar surface area (TPSA) is 59.0 Å². The molecule has 1 aromatic carbocycles. The number of amides is 1. The van der Waals surface area contributed by atoms with Crippen molar-refractivity contribution >= 4 is 11.6 Å². The normalized spacial score (nSPS) is 11.9. The molecule has 1 heterocycles. The summed E-state index contributed by atoms with van der Waals surface area (Å²) >= 11 is 0. The highest BCUT2D eigenvalue weighted by molar-refractivity contribution is 5.80. The number of nitrogens with one attached hydrogen (secondary N) is 2. The minimum Gasteiger partial charge on any atom is -0.378 e. The highest BCUT2D eigenvalue weighted by atomic mass is 16.1. The lowest BCUT2D eigenvalue weighted by Gasteiger charge is -2.17. The van der Waals surface area contributed by atoms with Gasteiger partial charge in [-0.3, -0.25) is 9.48 Å². The Morgan fingerprint density at radius 2 is 2.15 bits per heavy atom. The first-order chi connectivity index (χ1) is 9.60. The largest absolute Gasteiger partial charge is 0.378 e. The van der Waals surface area contributed by atoms with Crippen LogP contribution >= 0.6 is 0 Å². The van der Waals surface area contributed by atoms with Crippen molar-refractivity contribution < 1.29 is 4.79 Å². The second kappa shape index (κ2) is 6.23. The van der Waals surface area contributed by atoms with Gasteiger partial charge < -0.3 is 10.6 Å². The van der Waals surface area contributed by atoms with Crippen LogP contribution in [0.4, 0.5) is 5.69 Å². The summed E-state index contributed by atoms with van der Waals surface area (Å²) in [6, 6.07) is 8.00. The van der Waals surface area contributed by atoms with E-state index in [2.05, 4.69) is 22.7 Å². The van der Waals surface area contributed by atoms with Gasteiger partial charge in [0, 0.05) is 31.5 Å². The van der Waals surface area contributed by atoms with Crippen LogP contribution in [0.5, 0.6) is 0 Å². The Hall–Kier alpha value is -2.30. The molecule has 0 radical (unpaired) electrons. The Labute approximate surface area is 119 Å². The van der Waals surface area contributed by atoms with Crippen molar-refractivity contribution in [1.29, 1.82) is 0 Å². The first-order valence-corrected chi connectivity index (χ1v) is 6.63. The molecule has 0 aliphatic heterocycles. The molecular formula is C15H20N4O. The van der Waals surface area contributed by atoms with Gasteiger partial charge in [-0.1, -0.05) is 18.2 Å². The van der Waals surface area contributed by atoms with Crippen LogP contribution in [0.3, 0.4) is 0 Å². The van der Waals surface area contributed by atoms with Crippen molar-refractivity contribution in [2.24, 2.45) is 7.05 Å². The van der Waals surface area contributed by atoms with E-state index in [1.165, 1.54) is 0 Å². The molecule has 1 amide bonds. The average Bonchev–Trinajstić information content (AvgIpc) is 2.87. The maximum absolute atomic E-state index is 11.5. The fraction of sp³-hybridized carbons (Fsp3) is 0.333. The number of carbonyl (C=O) groups is 1. The summed E-state index contributed by atoms with van der Waals surface area (Å²) in [7, 11) is 3.55. The minimum absolute atomic E-state index is 0.00767. The van der Waals surface area contributed by atoms with E-state index in [-0.39, 0.29) is 11.9 Å². The van der Waals surface area contributed by atoms with Gasteiger partial charge in [0.1, 0.15) is 0 Å². The molecule has 0 fully saturated rings. The SMILES string of the molecule is CNC(=O)Cc1ccccc1NC(C)c1cnn(C)c1. The minimum atomic E-state index is 0.00767. The highest BCUT2D eigenvalue weighted by Crippen LogP contribution is 2.22.